The Bertz CT molecular complexity index is 95.3. The molecule has 0 amide bonds. The van der Waals surface area contributed by atoms with Crippen LogP contribution < -0.4 is 0 Å². The number of hydrogen-bond acceptors (Lipinski definition) is 1. The summed E-state index contributed by atoms with van der Waals surface area (Å²) in [7, 11) is 0. The summed E-state index contributed by atoms with van der Waals surface area (Å²) in [6.07, 6.45) is 6.20. The SMILES string of the molecule is [CH2]CCCC(C)N(CCC)CCC. The first kappa shape index (κ1) is 13.0. The molecule has 0 N–H and O–H groups in total. The summed E-state index contributed by atoms with van der Waals surface area (Å²) < 4.78 is 0. The average molecular weight is 184 g/mol. The van der Waals surface area contributed by atoms with E-state index in [1.807, 2.05) is 0 Å². The Morgan fingerprint density at radius 2 is 1.69 bits per heavy atom. The van der Waals surface area contributed by atoms with Gasteiger partial charge in [-0.2, -0.15) is 0 Å². The van der Waals surface area contributed by atoms with Crippen LogP contribution in [0.4, 0.5) is 0 Å². The Morgan fingerprint density at radius 3 is 2.08 bits per heavy atom. The van der Waals surface area contributed by atoms with Crippen LogP contribution in [0.2, 0.25) is 0 Å². The molecule has 1 nitrogen and oxygen atoms in total. The van der Waals surface area contributed by atoms with Crippen molar-refractivity contribution in [3.63, 3.8) is 0 Å². The Morgan fingerprint density at radius 1 is 1.15 bits per heavy atom. The number of unbranched alkanes of at least 4 members (excludes halogenated alkanes) is 1. The van der Waals surface area contributed by atoms with Crippen molar-refractivity contribution < 1.29 is 0 Å². The zero-order valence-corrected chi connectivity index (χ0v) is 9.68. The minimum absolute atomic E-state index is 0.752. The molecule has 1 atom stereocenters. The van der Waals surface area contributed by atoms with E-state index in [2.05, 4.69) is 32.6 Å². The van der Waals surface area contributed by atoms with Gasteiger partial charge in [0, 0.05) is 6.04 Å². The summed E-state index contributed by atoms with van der Waals surface area (Å²) >= 11 is 0. The maximum Gasteiger partial charge on any atom is 0.00669 e. The second-order valence-electron chi connectivity index (χ2n) is 3.88. The van der Waals surface area contributed by atoms with Gasteiger partial charge in [0.05, 0.1) is 0 Å². The van der Waals surface area contributed by atoms with Crippen molar-refractivity contribution in [3.8, 4) is 0 Å². The van der Waals surface area contributed by atoms with Gasteiger partial charge in [0.15, 0.2) is 0 Å². The maximum absolute atomic E-state index is 3.89. The minimum atomic E-state index is 0.752. The number of hydrogen-bond donors (Lipinski definition) is 0. The van der Waals surface area contributed by atoms with E-state index in [1.54, 1.807) is 0 Å². The molecule has 13 heavy (non-hydrogen) atoms. The summed E-state index contributed by atoms with van der Waals surface area (Å²) in [5.74, 6) is 0. The van der Waals surface area contributed by atoms with Gasteiger partial charge in [-0.15, -0.1) is 0 Å². The third-order valence-corrected chi connectivity index (χ3v) is 2.52. The molecular weight excluding hydrogens is 158 g/mol. The van der Waals surface area contributed by atoms with Crippen LogP contribution in [0.3, 0.4) is 0 Å². The molecule has 0 bridgehead atoms. The molecule has 1 heteroatoms. The Hall–Kier alpha value is -0.0400. The van der Waals surface area contributed by atoms with E-state index >= 15 is 0 Å². The van der Waals surface area contributed by atoms with Crippen LogP contribution in [0.1, 0.15) is 52.9 Å². The van der Waals surface area contributed by atoms with Crippen molar-refractivity contribution in [3.05, 3.63) is 6.92 Å². The number of rotatable bonds is 8. The molecule has 0 aromatic rings. The smallest absolute Gasteiger partial charge is 0.00669 e. The van der Waals surface area contributed by atoms with E-state index in [1.165, 1.54) is 38.8 Å². The summed E-state index contributed by atoms with van der Waals surface area (Å²) in [5, 5.41) is 0. The van der Waals surface area contributed by atoms with E-state index in [-0.39, 0.29) is 0 Å². The fraction of sp³-hybridized carbons (Fsp3) is 0.917. The Kier molecular flexibility index (Phi) is 8.53. The molecule has 0 aliphatic heterocycles. The van der Waals surface area contributed by atoms with Crippen LogP contribution in [-0.2, 0) is 0 Å². The number of nitrogens with zero attached hydrogens (tertiary/aromatic N) is 1. The van der Waals surface area contributed by atoms with Gasteiger partial charge in [-0.25, -0.2) is 0 Å². The molecule has 1 unspecified atom stereocenters. The van der Waals surface area contributed by atoms with Gasteiger partial charge >= 0.3 is 0 Å². The first-order valence-electron chi connectivity index (χ1n) is 5.79. The van der Waals surface area contributed by atoms with Gasteiger partial charge < -0.3 is 4.90 Å². The van der Waals surface area contributed by atoms with E-state index < -0.39 is 0 Å². The zero-order valence-electron chi connectivity index (χ0n) is 9.68. The monoisotopic (exact) mass is 184 g/mol. The molecule has 0 saturated heterocycles. The van der Waals surface area contributed by atoms with Gasteiger partial charge in [-0.3, -0.25) is 0 Å². The topological polar surface area (TPSA) is 3.24 Å². The lowest BCUT2D eigenvalue weighted by Gasteiger charge is -2.28. The Balaban J connectivity index is 3.72. The van der Waals surface area contributed by atoms with Crippen molar-refractivity contribution >= 4 is 0 Å². The van der Waals surface area contributed by atoms with E-state index in [0.29, 0.717) is 0 Å². The van der Waals surface area contributed by atoms with Crippen molar-refractivity contribution in [1.82, 2.24) is 4.90 Å². The molecule has 0 heterocycles. The quantitative estimate of drug-likeness (QED) is 0.558. The first-order valence-corrected chi connectivity index (χ1v) is 5.79. The van der Waals surface area contributed by atoms with Crippen LogP contribution in [0.5, 0.6) is 0 Å². The molecule has 0 aromatic heterocycles. The van der Waals surface area contributed by atoms with Gasteiger partial charge in [0.2, 0.25) is 0 Å². The third-order valence-electron chi connectivity index (χ3n) is 2.52. The maximum atomic E-state index is 3.89. The van der Waals surface area contributed by atoms with Crippen molar-refractivity contribution in [2.75, 3.05) is 13.1 Å². The molecule has 0 aromatic carbocycles. The van der Waals surface area contributed by atoms with Gasteiger partial charge in [-0.05, 0) is 39.3 Å². The standard InChI is InChI=1S/C12H26N/c1-5-8-9-12(4)13(10-6-2)11-7-3/h12H,1,5-11H2,2-4H3. The van der Waals surface area contributed by atoms with Gasteiger partial charge in [0.25, 0.3) is 0 Å². The van der Waals surface area contributed by atoms with Crippen LogP contribution in [0, 0.1) is 6.92 Å². The second kappa shape index (κ2) is 8.55. The highest BCUT2D eigenvalue weighted by Crippen LogP contribution is 2.09. The molecule has 1 radical (unpaired) electrons. The van der Waals surface area contributed by atoms with Crippen molar-refractivity contribution in [2.24, 2.45) is 0 Å². The lowest BCUT2D eigenvalue weighted by atomic mass is 10.1. The highest BCUT2D eigenvalue weighted by atomic mass is 15.1. The fourth-order valence-corrected chi connectivity index (χ4v) is 1.75. The van der Waals surface area contributed by atoms with Crippen molar-refractivity contribution in [1.29, 1.82) is 0 Å². The molecule has 0 aliphatic carbocycles. The molecule has 79 valence electrons. The van der Waals surface area contributed by atoms with E-state index in [4.69, 9.17) is 0 Å². The molecule has 0 saturated carbocycles. The van der Waals surface area contributed by atoms with Crippen LogP contribution in [0.25, 0.3) is 0 Å². The Labute approximate surface area is 84.5 Å². The molecule has 0 fully saturated rings. The normalized spacial score (nSPS) is 13.6. The minimum Gasteiger partial charge on any atom is -0.301 e. The second-order valence-corrected chi connectivity index (χ2v) is 3.88. The summed E-state index contributed by atoms with van der Waals surface area (Å²) in [6.45, 7) is 13.3. The summed E-state index contributed by atoms with van der Waals surface area (Å²) in [6, 6.07) is 0.752. The highest BCUT2D eigenvalue weighted by Gasteiger charge is 2.10. The summed E-state index contributed by atoms with van der Waals surface area (Å²) in [5.41, 5.74) is 0. The predicted octanol–water partition coefficient (Wildman–Crippen LogP) is 3.50. The van der Waals surface area contributed by atoms with Crippen LogP contribution in [0.15, 0.2) is 0 Å². The highest BCUT2D eigenvalue weighted by molar-refractivity contribution is 4.66. The lowest BCUT2D eigenvalue weighted by Crippen LogP contribution is -2.34. The molecule has 0 aliphatic rings. The predicted molar refractivity (Wildman–Crippen MR) is 60.8 cm³/mol. The van der Waals surface area contributed by atoms with Gasteiger partial charge in [0.1, 0.15) is 0 Å². The zero-order chi connectivity index (χ0) is 10.1. The first-order chi connectivity index (χ1) is 6.26. The van der Waals surface area contributed by atoms with E-state index in [0.717, 1.165) is 12.5 Å². The fourth-order valence-electron chi connectivity index (χ4n) is 1.75. The molecule has 0 spiro atoms. The molecular formula is C12H26N. The average Bonchev–Trinajstić information content (AvgIpc) is 2.14. The molecule has 0 rings (SSSR count). The largest absolute Gasteiger partial charge is 0.301 e. The van der Waals surface area contributed by atoms with Crippen LogP contribution in [-0.4, -0.2) is 24.0 Å². The summed E-state index contributed by atoms with van der Waals surface area (Å²) in [4.78, 5) is 2.61. The van der Waals surface area contributed by atoms with Gasteiger partial charge in [-0.1, -0.05) is 33.6 Å². The van der Waals surface area contributed by atoms with Crippen LogP contribution >= 0.6 is 0 Å². The van der Waals surface area contributed by atoms with E-state index in [9.17, 15) is 0 Å². The third kappa shape index (κ3) is 6.09. The van der Waals surface area contributed by atoms with Crippen molar-refractivity contribution in [2.45, 2.75) is 58.9 Å². The lowest BCUT2D eigenvalue weighted by molar-refractivity contribution is 0.198.